The van der Waals surface area contributed by atoms with E-state index < -0.39 is 0 Å². The molecule has 0 amide bonds. The normalized spacial score (nSPS) is 22.8. The number of rotatable bonds is 1. The van der Waals surface area contributed by atoms with E-state index in [9.17, 15) is 0 Å². The van der Waals surface area contributed by atoms with Gasteiger partial charge in [-0.1, -0.05) is 18.5 Å². The van der Waals surface area contributed by atoms with Crippen molar-refractivity contribution in [2.45, 2.75) is 19.4 Å². The number of dihydropyridines is 1. The minimum absolute atomic E-state index is 0.192. The maximum Gasteiger partial charge on any atom is 0.136 e. The van der Waals surface area contributed by atoms with Crippen LogP contribution in [-0.2, 0) is 0 Å². The van der Waals surface area contributed by atoms with E-state index in [-0.39, 0.29) is 6.04 Å². The van der Waals surface area contributed by atoms with Crippen LogP contribution in [-0.4, -0.2) is 6.04 Å². The molecule has 0 spiro atoms. The average molecular weight is 169 g/mol. The molecule has 0 radical (unpaired) electrons. The highest BCUT2D eigenvalue weighted by atomic mass is 35.5. The fourth-order valence-electron chi connectivity index (χ4n) is 0.998. The molecule has 0 aromatic heterocycles. The average Bonchev–Trinajstić information content (AvgIpc) is 2.04. The molecule has 1 aliphatic rings. The fourth-order valence-corrected chi connectivity index (χ4v) is 1.20. The van der Waals surface area contributed by atoms with Crippen LogP contribution >= 0.6 is 11.6 Å². The molecule has 0 saturated carbocycles. The van der Waals surface area contributed by atoms with Crippen molar-refractivity contribution in [3.8, 4) is 6.07 Å². The number of halogens is 1. The van der Waals surface area contributed by atoms with Crippen molar-refractivity contribution in [1.82, 2.24) is 5.32 Å². The summed E-state index contributed by atoms with van der Waals surface area (Å²) in [4.78, 5) is 0. The zero-order chi connectivity index (χ0) is 8.27. The lowest BCUT2D eigenvalue weighted by molar-refractivity contribution is 0.759. The summed E-state index contributed by atoms with van der Waals surface area (Å²) in [6, 6.07) is 1.95. The standard InChI is InChI=1S/C8H9ClN2/c1-2-6-3-7(9)5-11-8(6)4-10/h3,5,8,11H,2H2,1H3. The number of nitrogens with zero attached hydrogens (tertiary/aromatic N) is 1. The van der Waals surface area contributed by atoms with Gasteiger partial charge in [0, 0.05) is 6.20 Å². The molecule has 1 aliphatic heterocycles. The topological polar surface area (TPSA) is 35.8 Å². The van der Waals surface area contributed by atoms with E-state index in [2.05, 4.69) is 11.4 Å². The summed E-state index contributed by atoms with van der Waals surface area (Å²) in [7, 11) is 0. The van der Waals surface area contributed by atoms with Crippen molar-refractivity contribution < 1.29 is 0 Å². The number of nitrogens with one attached hydrogen (secondary N) is 1. The number of hydrogen-bond acceptors (Lipinski definition) is 2. The SMILES string of the molecule is CCC1=CC(Cl)=CNC1C#N. The Kier molecular flexibility index (Phi) is 2.56. The minimum Gasteiger partial charge on any atom is -0.371 e. The summed E-state index contributed by atoms with van der Waals surface area (Å²) in [5, 5.41) is 12.2. The van der Waals surface area contributed by atoms with Crippen molar-refractivity contribution in [2.24, 2.45) is 0 Å². The second kappa shape index (κ2) is 3.45. The summed E-state index contributed by atoms with van der Waals surface area (Å²) >= 11 is 5.73. The van der Waals surface area contributed by atoms with E-state index >= 15 is 0 Å². The first-order valence-corrected chi connectivity index (χ1v) is 3.87. The molecule has 0 fully saturated rings. The molecule has 2 nitrogen and oxygen atoms in total. The Balaban J connectivity index is 2.82. The van der Waals surface area contributed by atoms with Gasteiger partial charge >= 0.3 is 0 Å². The van der Waals surface area contributed by atoms with E-state index in [1.165, 1.54) is 0 Å². The third-order valence-electron chi connectivity index (χ3n) is 1.62. The smallest absolute Gasteiger partial charge is 0.136 e. The van der Waals surface area contributed by atoms with Crippen LogP contribution in [0.5, 0.6) is 0 Å². The molecule has 1 N–H and O–H groups in total. The highest BCUT2D eigenvalue weighted by Gasteiger charge is 2.13. The largest absolute Gasteiger partial charge is 0.371 e. The van der Waals surface area contributed by atoms with Gasteiger partial charge in [-0.25, -0.2) is 0 Å². The number of allylic oxidation sites excluding steroid dienone is 2. The summed E-state index contributed by atoms with van der Waals surface area (Å²) in [5.74, 6) is 0. The van der Waals surface area contributed by atoms with Crippen LogP contribution in [0.25, 0.3) is 0 Å². The lowest BCUT2D eigenvalue weighted by atomic mass is 10.0. The van der Waals surface area contributed by atoms with Gasteiger partial charge in [0.2, 0.25) is 0 Å². The van der Waals surface area contributed by atoms with Gasteiger partial charge in [-0.2, -0.15) is 5.26 Å². The maximum absolute atomic E-state index is 8.65. The predicted octanol–water partition coefficient (Wildman–Crippen LogP) is 1.90. The lowest BCUT2D eigenvalue weighted by Crippen LogP contribution is -2.27. The van der Waals surface area contributed by atoms with Crippen molar-refractivity contribution in [2.75, 3.05) is 0 Å². The second-order valence-electron chi connectivity index (χ2n) is 2.33. The Labute approximate surface area is 71.2 Å². The molecule has 0 aromatic carbocycles. The van der Waals surface area contributed by atoms with Gasteiger partial charge in [-0.05, 0) is 18.1 Å². The third-order valence-corrected chi connectivity index (χ3v) is 1.84. The quantitative estimate of drug-likeness (QED) is 0.649. The zero-order valence-electron chi connectivity index (χ0n) is 6.26. The van der Waals surface area contributed by atoms with Crippen LogP contribution in [0.15, 0.2) is 22.9 Å². The van der Waals surface area contributed by atoms with Gasteiger partial charge < -0.3 is 5.32 Å². The highest BCUT2D eigenvalue weighted by Crippen LogP contribution is 2.17. The number of nitriles is 1. The Morgan fingerprint density at radius 2 is 2.55 bits per heavy atom. The van der Waals surface area contributed by atoms with E-state index in [0.717, 1.165) is 12.0 Å². The lowest BCUT2D eigenvalue weighted by Gasteiger charge is -2.16. The van der Waals surface area contributed by atoms with Crippen LogP contribution in [0.4, 0.5) is 0 Å². The summed E-state index contributed by atoms with van der Waals surface area (Å²) in [6.45, 7) is 2.01. The molecule has 3 heteroatoms. The molecule has 0 saturated heterocycles. The highest BCUT2D eigenvalue weighted by molar-refractivity contribution is 6.31. The third kappa shape index (κ3) is 1.75. The van der Waals surface area contributed by atoms with Crippen LogP contribution < -0.4 is 5.32 Å². The maximum atomic E-state index is 8.65. The first-order valence-electron chi connectivity index (χ1n) is 3.49. The summed E-state index contributed by atoms with van der Waals surface area (Å²) in [6.07, 6.45) is 4.34. The second-order valence-corrected chi connectivity index (χ2v) is 2.77. The first-order chi connectivity index (χ1) is 5.27. The zero-order valence-corrected chi connectivity index (χ0v) is 7.02. The van der Waals surface area contributed by atoms with Crippen molar-refractivity contribution in [1.29, 1.82) is 5.26 Å². The summed E-state index contributed by atoms with van der Waals surface area (Å²) in [5.41, 5.74) is 1.04. The van der Waals surface area contributed by atoms with Crippen molar-refractivity contribution in [3.63, 3.8) is 0 Å². The Morgan fingerprint density at radius 1 is 1.82 bits per heavy atom. The van der Waals surface area contributed by atoms with E-state index in [1.807, 2.05) is 13.0 Å². The molecule has 1 unspecified atom stereocenters. The molecule has 58 valence electrons. The fraction of sp³-hybridized carbons (Fsp3) is 0.375. The molecule has 0 aromatic rings. The van der Waals surface area contributed by atoms with Gasteiger partial charge in [0.25, 0.3) is 0 Å². The molecular formula is C8H9ClN2. The molecular weight excluding hydrogens is 160 g/mol. The van der Waals surface area contributed by atoms with Gasteiger partial charge in [-0.3, -0.25) is 0 Å². The predicted molar refractivity (Wildman–Crippen MR) is 44.8 cm³/mol. The molecule has 1 rings (SSSR count). The minimum atomic E-state index is -0.192. The molecule has 1 heterocycles. The van der Waals surface area contributed by atoms with Crippen molar-refractivity contribution in [3.05, 3.63) is 22.9 Å². The van der Waals surface area contributed by atoms with Gasteiger partial charge in [0.1, 0.15) is 6.04 Å². The molecule has 0 aliphatic carbocycles. The van der Waals surface area contributed by atoms with Crippen LogP contribution in [0.1, 0.15) is 13.3 Å². The number of hydrogen-bond donors (Lipinski definition) is 1. The first kappa shape index (κ1) is 8.16. The van der Waals surface area contributed by atoms with E-state index in [1.54, 1.807) is 6.20 Å². The van der Waals surface area contributed by atoms with Gasteiger partial charge in [-0.15, -0.1) is 0 Å². The Hall–Kier alpha value is -0.940. The van der Waals surface area contributed by atoms with Gasteiger partial charge in [0.15, 0.2) is 0 Å². The Morgan fingerprint density at radius 3 is 3.09 bits per heavy atom. The van der Waals surface area contributed by atoms with Crippen LogP contribution in [0.2, 0.25) is 0 Å². The van der Waals surface area contributed by atoms with Crippen molar-refractivity contribution >= 4 is 11.6 Å². The van der Waals surface area contributed by atoms with E-state index in [0.29, 0.717) is 5.03 Å². The Bertz CT molecular complexity index is 247. The molecule has 1 atom stereocenters. The van der Waals surface area contributed by atoms with Crippen LogP contribution in [0, 0.1) is 11.3 Å². The molecule has 0 bridgehead atoms. The van der Waals surface area contributed by atoms with Crippen LogP contribution in [0.3, 0.4) is 0 Å². The monoisotopic (exact) mass is 168 g/mol. The summed E-state index contributed by atoms with van der Waals surface area (Å²) < 4.78 is 0. The molecule has 11 heavy (non-hydrogen) atoms. The van der Waals surface area contributed by atoms with E-state index in [4.69, 9.17) is 16.9 Å². The van der Waals surface area contributed by atoms with Gasteiger partial charge in [0.05, 0.1) is 11.1 Å².